The minimum atomic E-state index is 0.388. The SMILES string of the molecule is c1ccc(CCOC2CCN(Cc3cccc4c3OCCO4)CC2)cc1. The summed E-state index contributed by atoms with van der Waals surface area (Å²) in [6.07, 6.45) is 3.58. The second kappa shape index (κ2) is 8.56. The van der Waals surface area contributed by atoms with Crippen LogP contribution in [0.4, 0.5) is 0 Å². The van der Waals surface area contributed by atoms with E-state index in [0.717, 1.165) is 57.0 Å². The molecule has 0 amide bonds. The normalized spacial score (nSPS) is 18.0. The molecule has 2 aromatic carbocycles. The fourth-order valence-corrected chi connectivity index (χ4v) is 3.72. The molecular weight excluding hydrogens is 326 g/mol. The predicted octanol–water partition coefficient (Wildman–Crippen LogP) is 3.68. The molecule has 0 N–H and O–H groups in total. The van der Waals surface area contributed by atoms with Crippen molar-refractivity contribution in [2.75, 3.05) is 32.9 Å². The number of hydrogen-bond acceptors (Lipinski definition) is 4. The molecule has 2 aliphatic heterocycles. The Hall–Kier alpha value is -2.04. The first kappa shape index (κ1) is 17.4. The van der Waals surface area contributed by atoms with Crippen LogP contribution in [0.2, 0.25) is 0 Å². The van der Waals surface area contributed by atoms with Gasteiger partial charge in [-0.15, -0.1) is 0 Å². The third-order valence-electron chi connectivity index (χ3n) is 5.16. The Balaban J connectivity index is 1.23. The van der Waals surface area contributed by atoms with Gasteiger partial charge >= 0.3 is 0 Å². The van der Waals surface area contributed by atoms with E-state index in [-0.39, 0.29) is 0 Å². The molecule has 2 aromatic rings. The fraction of sp³-hybridized carbons (Fsp3) is 0.455. The van der Waals surface area contributed by atoms with Gasteiger partial charge in [-0.05, 0) is 30.9 Å². The van der Waals surface area contributed by atoms with E-state index in [1.165, 1.54) is 11.1 Å². The van der Waals surface area contributed by atoms with Crippen molar-refractivity contribution in [1.29, 1.82) is 0 Å². The van der Waals surface area contributed by atoms with Crippen LogP contribution in [0.25, 0.3) is 0 Å². The molecule has 0 atom stereocenters. The van der Waals surface area contributed by atoms with Crippen LogP contribution < -0.4 is 9.47 Å². The van der Waals surface area contributed by atoms with Crippen LogP contribution in [0.5, 0.6) is 11.5 Å². The van der Waals surface area contributed by atoms with Crippen molar-refractivity contribution in [1.82, 2.24) is 4.90 Å². The van der Waals surface area contributed by atoms with E-state index in [1.807, 2.05) is 6.07 Å². The molecule has 0 radical (unpaired) electrons. The Kier molecular flexibility index (Phi) is 5.72. The molecule has 1 fully saturated rings. The summed E-state index contributed by atoms with van der Waals surface area (Å²) in [6, 6.07) is 16.8. The predicted molar refractivity (Wildman–Crippen MR) is 102 cm³/mol. The smallest absolute Gasteiger partial charge is 0.165 e. The van der Waals surface area contributed by atoms with Crippen molar-refractivity contribution in [2.45, 2.75) is 31.9 Å². The zero-order valence-corrected chi connectivity index (χ0v) is 15.2. The number of rotatable bonds is 6. The lowest BCUT2D eigenvalue weighted by molar-refractivity contribution is 0.00715. The highest BCUT2D eigenvalue weighted by atomic mass is 16.6. The molecule has 2 aliphatic rings. The lowest BCUT2D eigenvalue weighted by atomic mass is 10.1. The van der Waals surface area contributed by atoms with Gasteiger partial charge in [-0.25, -0.2) is 0 Å². The van der Waals surface area contributed by atoms with E-state index in [9.17, 15) is 0 Å². The van der Waals surface area contributed by atoms with Crippen molar-refractivity contribution < 1.29 is 14.2 Å². The van der Waals surface area contributed by atoms with Crippen LogP contribution in [0.15, 0.2) is 48.5 Å². The Labute approximate surface area is 155 Å². The molecule has 1 saturated heterocycles. The minimum Gasteiger partial charge on any atom is -0.486 e. The first-order valence-corrected chi connectivity index (χ1v) is 9.64. The van der Waals surface area contributed by atoms with Gasteiger partial charge in [-0.1, -0.05) is 42.5 Å². The van der Waals surface area contributed by atoms with Crippen molar-refractivity contribution in [2.24, 2.45) is 0 Å². The van der Waals surface area contributed by atoms with E-state index in [2.05, 4.69) is 47.4 Å². The third kappa shape index (κ3) is 4.37. The highest BCUT2D eigenvalue weighted by Crippen LogP contribution is 2.34. The molecule has 4 heteroatoms. The summed E-state index contributed by atoms with van der Waals surface area (Å²) < 4.78 is 17.6. The quantitative estimate of drug-likeness (QED) is 0.793. The minimum absolute atomic E-state index is 0.388. The number of para-hydroxylation sites is 1. The fourth-order valence-electron chi connectivity index (χ4n) is 3.72. The molecule has 4 rings (SSSR count). The number of hydrogen-bond donors (Lipinski definition) is 0. The largest absolute Gasteiger partial charge is 0.486 e. The maximum absolute atomic E-state index is 6.10. The second-order valence-electron chi connectivity index (χ2n) is 7.02. The summed E-state index contributed by atoms with van der Waals surface area (Å²) >= 11 is 0. The first-order valence-electron chi connectivity index (χ1n) is 9.64. The zero-order chi connectivity index (χ0) is 17.6. The highest BCUT2D eigenvalue weighted by Gasteiger charge is 2.22. The van der Waals surface area contributed by atoms with Crippen LogP contribution in [-0.4, -0.2) is 43.9 Å². The molecule has 0 bridgehead atoms. The van der Waals surface area contributed by atoms with Gasteiger partial charge in [-0.2, -0.15) is 0 Å². The van der Waals surface area contributed by atoms with E-state index >= 15 is 0 Å². The number of nitrogens with zero attached hydrogens (tertiary/aromatic N) is 1. The Morgan fingerprint density at radius 2 is 1.73 bits per heavy atom. The van der Waals surface area contributed by atoms with Crippen molar-refractivity contribution in [3.8, 4) is 11.5 Å². The average Bonchev–Trinajstić information content (AvgIpc) is 2.70. The summed E-state index contributed by atoms with van der Waals surface area (Å²) in [5, 5.41) is 0. The molecule has 138 valence electrons. The summed E-state index contributed by atoms with van der Waals surface area (Å²) in [5.74, 6) is 1.81. The maximum atomic E-state index is 6.10. The highest BCUT2D eigenvalue weighted by molar-refractivity contribution is 5.47. The summed E-state index contributed by atoms with van der Waals surface area (Å²) in [7, 11) is 0. The zero-order valence-electron chi connectivity index (χ0n) is 15.2. The lowest BCUT2D eigenvalue weighted by Gasteiger charge is -2.32. The summed E-state index contributed by atoms with van der Waals surface area (Å²) in [5.41, 5.74) is 2.58. The first-order chi connectivity index (χ1) is 12.9. The van der Waals surface area contributed by atoms with Crippen molar-refractivity contribution in [3.63, 3.8) is 0 Å². The van der Waals surface area contributed by atoms with Gasteiger partial charge in [0.15, 0.2) is 11.5 Å². The standard InChI is InChI=1S/C22H27NO3/c1-2-5-18(6-3-1)11-14-24-20-9-12-23(13-10-20)17-19-7-4-8-21-22(19)26-16-15-25-21/h1-8,20H,9-17H2. The second-order valence-corrected chi connectivity index (χ2v) is 7.02. The Morgan fingerprint density at radius 1 is 0.923 bits per heavy atom. The van der Waals surface area contributed by atoms with Crippen LogP contribution in [0.3, 0.4) is 0 Å². The topological polar surface area (TPSA) is 30.9 Å². The third-order valence-corrected chi connectivity index (χ3v) is 5.16. The van der Waals surface area contributed by atoms with Gasteiger partial charge in [0.1, 0.15) is 13.2 Å². The van der Waals surface area contributed by atoms with Crippen LogP contribution >= 0.6 is 0 Å². The molecule has 0 aromatic heterocycles. The molecule has 0 spiro atoms. The van der Waals surface area contributed by atoms with Crippen LogP contribution in [0, 0.1) is 0 Å². The van der Waals surface area contributed by atoms with Gasteiger partial charge in [-0.3, -0.25) is 4.90 Å². The maximum Gasteiger partial charge on any atom is 0.165 e. The van der Waals surface area contributed by atoms with Crippen molar-refractivity contribution >= 4 is 0 Å². The van der Waals surface area contributed by atoms with Gasteiger partial charge in [0, 0.05) is 25.2 Å². The van der Waals surface area contributed by atoms with Crippen LogP contribution in [0.1, 0.15) is 24.0 Å². The molecule has 0 unspecified atom stereocenters. The molecular formula is C22H27NO3. The molecule has 26 heavy (non-hydrogen) atoms. The molecule has 2 heterocycles. The number of likely N-dealkylation sites (tertiary alicyclic amines) is 1. The molecule has 4 nitrogen and oxygen atoms in total. The number of benzene rings is 2. The van der Waals surface area contributed by atoms with Gasteiger partial charge in [0.25, 0.3) is 0 Å². The molecule has 0 aliphatic carbocycles. The average molecular weight is 353 g/mol. The van der Waals surface area contributed by atoms with Gasteiger partial charge in [0.05, 0.1) is 12.7 Å². The summed E-state index contributed by atoms with van der Waals surface area (Å²) in [6.45, 7) is 5.15. The van der Waals surface area contributed by atoms with Crippen LogP contribution in [-0.2, 0) is 17.7 Å². The van der Waals surface area contributed by atoms with E-state index in [1.54, 1.807) is 0 Å². The lowest BCUT2D eigenvalue weighted by Crippen LogP contribution is -2.37. The van der Waals surface area contributed by atoms with E-state index in [0.29, 0.717) is 19.3 Å². The Bertz CT molecular complexity index is 696. The number of fused-ring (bicyclic) bond motifs is 1. The Morgan fingerprint density at radius 3 is 2.58 bits per heavy atom. The van der Waals surface area contributed by atoms with E-state index < -0.39 is 0 Å². The van der Waals surface area contributed by atoms with E-state index in [4.69, 9.17) is 14.2 Å². The van der Waals surface area contributed by atoms with Gasteiger partial charge < -0.3 is 14.2 Å². The number of ether oxygens (including phenoxy) is 3. The van der Waals surface area contributed by atoms with Crippen molar-refractivity contribution in [3.05, 3.63) is 59.7 Å². The molecule has 0 saturated carbocycles. The monoisotopic (exact) mass is 353 g/mol. The number of piperidine rings is 1. The summed E-state index contributed by atoms with van der Waals surface area (Å²) in [4.78, 5) is 2.49. The van der Waals surface area contributed by atoms with Gasteiger partial charge in [0.2, 0.25) is 0 Å².